The summed E-state index contributed by atoms with van der Waals surface area (Å²) in [4.78, 5) is 2.54. The summed E-state index contributed by atoms with van der Waals surface area (Å²) in [5.74, 6) is 0. The van der Waals surface area contributed by atoms with E-state index in [9.17, 15) is 0 Å². The number of fused-ring (bicyclic) bond motifs is 9. The SMILES string of the molecule is CC(C)(C)c1ccc2c(c1)C(C)(C)c1cc(N(c3ccc4c(c3)C(C)(C)c3ccccc3-4)c3ccccc3-c3cccc4c3sc3c(C(C)(C)C)cccc34)ccc1-2. The van der Waals surface area contributed by atoms with E-state index in [1.54, 1.807) is 0 Å². The fourth-order valence-electron chi connectivity index (χ4n) is 10.1. The van der Waals surface area contributed by atoms with Crippen LogP contribution in [0.25, 0.3) is 53.6 Å². The number of rotatable bonds is 4. The van der Waals surface area contributed by atoms with Crippen molar-refractivity contribution in [2.24, 2.45) is 0 Å². The summed E-state index contributed by atoms with van der Waals surface area (Å²) < 4.78 is 2.73. The van der Waals surface area contributed by atoms with Crippen LogP contribution in [0, 0.1) is 0 Å². The molecule has 10 rings (SSSR count). The monoisotopic (exact) mass is 771 g/mol. The predicted molar refractivity (Wildman–Crippen MR) is 252 cm³/mol. The zero-order valence-corrected chi connectivity index (χ0v) is 36.5. The Labute approximate surface area is 349 Å². The molecule has 8 aromatic rings. The lowest BCUT2D eigenvalue weighted by molar-refractivity contribution is 0.584. The van der Waals surface area contributed by atoms with E-state index in [0.29, 0.717) is 0 Å². The summed E-state index contributed by atoms with van der Waals surface area (Å²) in [6.45, 7) is 23.5. The number of anilines is 3. The number of thiophene rings is 1. The first-order chi connectivity index (χ1) is 27.5. The zero-order valence-electron chi connectivity index (χ0n) is 35.6. The molecule has 0 saturated heterocycles. The molecule has 0 amide bonds. The van der Waals surface area contributed by atoms with Crippen LogP contribution in [0.5, 0.6) is 0 Å². The van der Waals surface area contributed by atoms with E-state index in [2.05, 4.69) is 214 Å². The Bertz CT molecular complexity index is 2970. The second kappa shape index (κ2) is 12.5. The first kappa shape index (κ1) is 36.9. The third-order valence-corrected chi connectivity index (χ3v) is 14.7. The van der Waals surface area contributed by atoms with E-state index < -0.39 is 0 Å². The van der Waals surface area contributed by atoms with Gasteiger partial charge >= 0.3 is 0 Å². The molecule has 0 spiro atoms. The van der Waals surface area contributed by atoms with Crippen molar-refractivity contribution in [1.29, 1.82) is 0 Å². The van der Waals surface area contributed by atoms with Gasteiger partial charge in [0.15, 0.2) is 0 Å². The van der Waals surface area contributed by atoms with E-state index in [0.717, 1.165) is 0 Å². The minimum atomic E-state index is -0.151. The van der Waals surface area contributed by atoms with Gasteiger partial charge < -0.3 is 4.90 Å². The Kier molecular flexibility index (Phi) is 7.97. The van der Waals surface area contributed by atoms with Crippen molar-refractivity contribution in [2.45, 2.75) is 90.9 Å². The molecule has 0 aliphatic heterocycles. The van der Waals surface area contributed by atoms with Gasteiger partial charge in [0, 0.05) is 53.5 Å². The van der Waals surface area contributed by atoms with Crippen molar-refractivity contribution < 1.29 is 0 Å². The lowest BCUT2D eigenvalue weighted by Gasteiger charge is -2.31. The molecule has 1 nitrogen and oxygen atoms in total. The van der Waals surface area contributed by atoms with Crippen molar-refractivity contribution in [2.75, 3.05) is 4.90 Å². The van der Waals surface area contributed by atoms with Crippen molar-refractivity contribution in [3.63, 3.8) is 0 Å². The lowest BCUT2D eigenvalue weighted by atomic mass is 9.79. The highest BCUT2D eigenvalue weighted by atomic mass is 32.1. The highest BCUT2D eigenvalue weighted by Crippen LogP contribution is 2.55. The standard InChI is InChI=1S/C56H53NS/c1-53(2,3)34-25-28-38-40-30-27-36(33-49(40)56(9,10)47(38)31-34)57(35-26-29-39-37-17-11-13-22-45(37)55(7,8)48(39)32-35)50-24-14-12-18-41(50)42-19-15-20-43-44-21-16-23-46(54(4,5)6)52(44)58-51(42)43/h11-33H,1-10H3. The Morgan fingerprint density at radius 2 is 0.914 bits per heavy atom. The maximum Gasteiger partial charge on any atom is 0.0540 e. The summed E-state index contributed by atoms with van der Waals surface area (Å²) in [5, 5.41) is 2.67. The second-order valence-electron chi connectivity index (χ2n) is 19.8. The topological polar surface area (TPSA) is 3.24 Å². The molecule has 0 bridgehead atoms. The average molecular weight is 772 g/mol. The summed E-state index contributed by atoms with van der Waals surface area (Å²) in [5.41, 5.74) is 19.6. The lowest BCUT2D eigenvalue weighted by Crippen LogP contribution is -2.19. The maximum absolute atomic E-state index is 2.54. The van der Waals surface area contributed by atoms with Gasteiger partial charge in [-0.25, -0.2) is 0 Å². The number of benzene rings is 7. The van der Waals surface area contributed by atoms with Gasteiger partial charge in [0.2, 0.25) is 0 Å². The third kappa shape index (κ3) is 5.41. The van der Waals surface area contributed by atoms with Crippen LogP contribution in [0.15, 0.2) is 140 Å². The van der Waals surface area contributed by atoms with Gasteiger partial charge in [-0.1, -0.05) is 178 Å². The molecule has 7 aromatic carbocycles. The van der Waals surface area contributed by atoms with Gasteiger partial charge in [-0.2, -0.15) is 0 Å². The Morgan fingerprint density at radius 1 is 0.414 bits per heavy atom. The molecular formula is C56H53NS. The van der Waals surface area contributed by atoms with Gasteiger partial charge in [0.05, 0.1) is 5.69 Å². The molecule has 0 atom stereocenters. The van der Waals surface area contributed by atoms with Crippen molar-refractivity contribution in [1.82, 2.24) is 0 Å². The minimum absolute atomic E-state index is 0.0472. The van der Waals surface area contributed by atoms with E-state index in [-0.39, 0.29) is 21.7 Å². The minimum Gasteiger partial charge on any atom is -0.310 e. The largest absolute Gasteiger partial charge is 0.310 e. The van der Waals surface area contributed by atoms with Gasteiger partial charge in [0.1, 0.15) is 0 Å². The predicted octanol–water partition coefficient (Wildman–Crippen LogP) is 16.4. The zero-order chi connectivity index (χ0) is 40.5. The van der Waals surface area contributed by atoms with E-state index in [4.69, 9.17) is 0 Å². The molecule has 0 radical (unpaired) electrons. The molecule has 0 fully saturated rings. The van der Waals surface area contributed by atoms with Crippen LogP contribution in [-0.2, 0) is 21.7 Å². The number of hydrogen-bond donors (Lipinski definition) is 0. The Balaban J connectivity index is 1.21. The molecule has 2 aliphatic rings. The molecule has 58 heavy (non-hydrogen) atoms. The Morgan fingerprint density at radius 3 is 1.55 bits per heavy atom. The van der Waals surface area contributed by atoms with Crippen molar-refractivity contribution >= 4 is 48.6 Å². The molecule has 2 heteroatoms. The first-order valence-corrected chi connectivity index (χ1v) is 21.8. The molecule has 1 heterocycles. The normalized spacial score (nSPS) is 15.0. The number of nitrogens with zero attached hydrogens (tertiary/aromatic N) is 1. The van der Waals surface area contributed by atoms with Gasteiger partial charge in [-0.05, 0) is 96.8 Å². The van der Waals surface area contributed by atoms with Crippen molar-refractivity contribution in [3.8, 4) is 33.4 Å². The highest BCUT2D eigenvalue weighted by molar-refractivity contribution is 7.26. The van der Waals surface area contributed by atoms with Crippen LogP contribution < -0.4 is 4.90 Å². The second-order valence-corrected chi connectivity index (χ2v) is 20.9. The van der Waals surface area contributed by atoms with Crippen molar-refractivity contribution in [3.05, 3.63) is 173 Å². The first-order valence-electron chi connectivity index (χ1n) is 20.9. The highest BCUT2D eigenvalue weighted by Gasteiger charge is 2.39. The molecular weight excluding hydrogens is 719 g/mol. The maximum atomic E-state index is 2.54. The summed E-state index contributed by atoms with van der Waals surface area (Å²) in [6.07, 6.45) is 0. The van der Waals surface area contributed by atoms with Crippen LogP contribution in [0.3, 0.4) is 0 Å². The molecule has 2 aliphatic carbocycles. The molecule has 0 saturated carbocycles. The number of para-hydroxylation sites is 1. The number of hydrogen-bond acceptors (Lipinski definition) is 2. The fraction of sp³-hybridized carbons (Fsp3) is 0.250. The fourth-order valence-corrected chi connectivity index (χ4v) is 11.7. The summed E-state index contributed by atoms with van der Waals surface area (Å²) in [7, 11) is 0. The summed E-state index contributed by atoms with van der Waals surface area (Å²) in [6, 6.07) is 53.4. The van der Waals surface area contributed by atoms with Crippen LogP contribution in [-0.4, -0.2) is 0 Å². The van der Waals surface area contributed by atoms with Gasteiger partial charge in [-0.3, -0.25) is 0 Å². The van der Waals surface area contributed by atoms with E-state index in [1.807, 2.05) is 11.3 Å². The molecule has 288 valence electrons. The molecule has 0 N–H and O–H groups in total. The van der Waals surface area contributed by atoms with Crippen LogP contribution in [0.1, 0.15) is 103 Å². The molecule has 0 unspecified atom stereocenters. The van der Waals surface area contributed by atoms with Crippen LogP contribution in [0.4, 0.5) is 17.1 Å². The average Bonchev–Trinajstić information content (AvgIpc) is 3.77. The van der Waals surface area contributed by atoms with E-state index in [1.165, 1.54) is 104 Å². The van der Waals surface area contributed by atoms with Crippen LogP contribution in [0.2, 0.25) is 0 Å². The van der Waals surface area contributed by atoms with Crippen LogP contribution >= 0.6 is 11.3 Å². The Hall–Kier alpha value is -5.44. The smallest absolute Gasteiger partial charge is 0.0540 e. The molecule has 1 aromatic heterocycles. The summed E-state index contributed by atoms with van der Waals surface area (Å²) >= 11 is 1.95. The quantitative estimate of drug-likeness (QED) is 0.172. The van der Waals surface area contributed by atoms with Gasteiger partial charge in [-0.15, -0.1) is 11.3 Å². The van der Waals surface area contributed by atoms with Gasteiger partial charge in [0.25, 0.3) is 0 Å². The third-order valence-electron chi connectivity index (χ3n) is 13.4. The van der Waals surface area contributed by atoms with E-state index >= 15 is 0 Å².